The summed E-state index contributed by atoms with van der Waals surface area (Å²) in [6.45, 7) is 0. The fourth-order valence-corrected chi connectivity index (χ4v) is 1.32. The van der Waals surface area contributed by atoms with E-state index in [1.165, 1.54) is 6.08 Å². The predicted octanol–water partition coefficient (Wildman–Crippen LogP) is 3.05. The first-order valence-corrected chi connectivity index (χ1v) is 4.80. The zero-order chi connectivity index (χ0) is 10.6. The molecule has 14 heavy (non-hydrogen) atoms. The number of halogens is 2. The average molecular weight is 231 g/mol. The topological polar surface area (TPSA) is 37.3 Å². The van der Waals surface area contributed by atoms with Crippen molar-refractivity contribution in [3.8, 4) is 0 Å². The molecule has 1 aromatic carbocycles. The second-order valence-corrected chi connectivity index (χ2v) is 3.30. The second kappa shape index (κ2) is 5.03. The lowest BCUT2D eigenvalue weighted by Crippen LogP contribution is -2.01. The van der Waals surface area contributed by atoms with Gasteiger partial charge in [0, 0.05) is 5.02 Å². The van der Waals surface area contributed by atoms with Gasteiger partial charge in [0.25, 0.3) is 0 Å². The van der Waals surface area contributed by atoms with Crippen LogP contribution in [0.2, 0.25) is 5.02 Å². The van der Waals surface area contributed by atoms with E-state index in [-0.39, 0.29) is 11.5 Å². The lowest BCUT2D eigenvalue weighted by Gasteiger charge is -1.99. The van der Waals surface area contributed by atoms with Gasteiger partial charge in [-0.1, -0.05) is 29.8 Å². The monoisotopic (exact) mass is 230 g/mol. The normalized spacial score (nSPS) is 11.4. The minimum atomic E-state index is -1.03. The minimum absolute atomic E-state index is 0.0411. The Morgan fingerprint density at radius 2 is 2.07 bits per heavy atom. The molecule has 0 unspecified atom stereocenters. The highest BCUT2D eigenvalue weighted by molar-refractivity contribution is 6.32. The largest absolute Gasteiger partial charge is 0.478 e. The maximum atomic E-state index is 10.7. The van der Waals surface area contributed by atoms with E-state index in [1.54, 1.807) is 24.3 Å². The van der Waals surface area contributed by atoms with E-state index in [9.17, 15) is 4.79 Å². The molecule has 0 amide bonds. The van der Waals surface area contributed by atoms with E-state index in [2.05, 4.69) is 0 Å². The summed E-state index contributed by atoms with van der Waals surface area (Å²) in [6.07, 6.45) is 1.47. The smallest absolute Gasteiger partial charge is 0.332 e. The standard InChI is InChI=1S/C10H8Cl2O2/c11-6-8(10(13)14)5-7-3-1-2-4-9(7)12/h1-5H,6H2,(H,13,14)/b8-5+. The molecule has 74 valence electrons. The Kier molecular flexibility index (Phi) is 3.98. The minimum Gasteiger partial charge on any atom is -0.478 e. The fraction of sp³-hybridized carbons (Fsp3) is 0.100. The summed E-state index contributed by atoms with van der Waals surface area (Å²) in [5, 5.41) is 9.24. The van der Waals surface area contributed by atoms with Crippen LogP contribution in [-0.4, -0.2) is 17.0 Å². The highest BCUT2D eigenvalue weighted by Gasteiger charge is 2.06. The molecule has 2 nitrogen and oxygen atoms in total. The summed E-state index contributed by atoms with van der Waals surface area (Å²) in [5.41, 5.74) is 0.784. The summed E-state index contributed by atoms with van der Waals surface area (Å²) < 4.78 is 0. The number of hydrogen-bond acceptors (Lipinski definition) is 1. The Balaban J connectivity index is 3.07. The van der Waals surface area contributed by atoms with Crippen LogP contribution < -0.4 is 0 Å². The van der Waals surface area contributed by atoms with Crippen LogP contribution in [0.5, 0.6) is 0 Å². The van der Waals surface area contributed by atoms with Gasteiger partial charge in [0.1, 0.15) is 0 Å². The molecule has 0 heterocycles. The zero-order valence-corrected chi connectivity index (χ0v) is 8.72. The molecule has 0 aromatic heterocycles. The van der Waals surface area contributed by atoms with Gasteiger partial charge in [-0.05, 0) is 17.7 Å². The van der Waals surface area contributed by atoms with Gasteiger partial charge in [-0.15, -0.1) is 11.6 Å². The number of carboxylic acid groups (broad SMARTS) is 1. The Morgan fingerprint density at radius 3 is 2.57 bits per heavy atom. The number of hydrogen-bond donors (Lipinski definition) is 1. The highest BCUT2D eigenvalue weighted by atomic mass is 35.5. The lowest BCUT2D eigenvalue weighted by molar-refractivity contribution is -0.132. The first-order chi connectivity index (χ1) is 6.65. The molecule has 0 fully saturated rings. The summed E-state index contributed by atoms with van der Waals surface area (Å²) >= 11 is 11.3. The molecule has 0 spiro atoms. The van der Waals surface area contributed by atoms with Gasteiger partial charge in [-0.3, -0.25) is 0 Å². The fourth-order valence-electron chi connectivity index (χ4n) is 0.937. The van der Waals surface area contributed by atoms with Crippen LogP contribution >= 0.6 is 23.2 Å². The molecule has 1 aromatic rings. The van der Waals surface area contributed by atoms with Gasteiger partial charge < -0.3 is 5.11 Å². The van der Waals surface area contributed by atoms with E-state index in [0.717, 1.165) is 0 Å². The zero-order valence-electron chi connectivity index (χ0n) is 7.21. The Bertz CT molecular complexity index is 372. The third-order valence-corrected chi connectivity index (χ3v) is 2.29. The van der Waals surface area contributed by atoms with E-state index < -0.39 is 5.97 Å². The van der Waals surface area contributed by atoms with Crippen LogP contribution in [0.4, 0.5) is 0 Å². The predicted molar refractivity (Wildman–Crippen MR) is 57.8 cm³/mol. The van der Waals surface area contributed by atoms with E-state index in [1.807, 2.05) is 0 Å². The molecule has 4 heteroatoms. The number of carboxylic acids is 1. The van der Waals surface area contributed by atoms with Crippen molar-refractivity contribution < 1.29 is 9.90 Å². The van der Waals surface area contributed by atoms with Gasteiger partial charge in [0.05, 0.1) is 11.5 Å². The van der Waals surface area contributed by atoms with Gasteiger partial charge in [-0.25, -0.2) is 4.79 Å². The molecule has 0 saturated carbocycles. The number of alkyl halides is 1. The molecule has 0 saturated heterocycles. The number of benzene rings is 1. The van der Waals surface area contributed by atoms with Crippen molar-refractivity contribution in [2.45, 2.75) is 0 Å². The van der Waals surface area contributed by atoms with Crippen molar-refractivity contribution in [3.63, 3.8) is 0 Å². The summed E-state index contributed by atoms with van der Waals surface area (Å²) in [4.78, 5) is 10.7. The van der Waals surface area contributed by atoms with Crippen LogP contribution in [0.3, 0.4) is 0 Å². The third kappa shape index (κ3) is 2.76. The van der Waals surface area contributed by atoms with Gasteiger partial charge in [-0.2, -0.15) is 0 Å². The van der Waals surface area contributed by atoms with Crippen LogP contribution in [0.1, 0.15) is 5.56 Å². The Labute approximate surface area is 91.8 Å². The summed E-state index contributed by atoms with van der Waals surface area (Å²) in [5.74, 6) is -1.07. The molecule has 1 rings (SSSR count). The number of rotatable bonds is 3. The van der Waals surface area contributed by atoms with Crippen LogP contribution in [0, 0.1) is 0 Å². The van der Waals surface area contributed by atoms with Crippen molar-refractivity contribution in [2.24, 2.45) is 0 Å². The molecule has 0 aliphatic rings. The van der Waals surface area contributed by atoms with Gasteiger partial charge in [0.2, 0.25) is 0 Å². The van der Waals surface area contributed by atoms with Crippen LogP contribution in [-0.2, 0) is 4.79 Å². The number of carbonyl (C=O) groups is 1. The first kappa shape index (κ1) is 11.1. The van der Waals surface area contributed by atoms with Crippen molar-refractivity contribution in [1.82, 2.24) is 0 Å². The first-order valence-electron chi connectivity index (χ1n) is 3.89. The van der Waals surface area contributed by atoms with Gasteiger partial charge in [0.15, 0.2) is 0 Å². The number of aliphatic carboxylic acids is 1. The van der Waals surface area contributed by atoms with E-state index >= 15 is 0 Å². The molecule has 0 radical (unpaired) electrons. The molecule has 0 bridgehead atoms. The molecular weight excluding hydrogens is 223 g/mol. The van der Waals surface area contributed by atoms with Crippen LogP contribution in [0.25, 0.3) is 6.08 Å². The van der Waals surface area contributed by atoms with E-state index in [4.69, 9.17) is 28.3 Å². The van der Waals surface area contributed by atoms with Gasteiger partial charge >= 0.3 is 5.97 Å². The molecule has 0 aliphatic heterocycles. The Morgan fingerprint density at radius 1 is 1.43 bits per heavy atom. The highest BCUT2D eigenvalue weighted by Crippen LogP contribution is 2.18. The van der Waals surface area contributed by atoms with Crippen molar-refractivity contribution >= 4 is 35.2 Å². The average Bonchev–Trinajstić information content (AvgIpc) is 2.16. The molecular formula is C10H8Cl2O2. The molecule has 1 N–H and O–H groups in total. The molecule has 0 atom stereocenters. The maximum absolute atomic E-state index is 10.7. The second-order valence-electron chi connectivity index (χ2n) is 2.63. The quantitative estimate of drug-likeness (QED) is 0.641. The maximum Gasteiger partial charge on any atom is 0.332 e. The molecule has 0 aliphatic carbocycles. The van der Waals surface area contributed by atoms with Crippen LogP contribution in [0.15, 0.2) is 29.8 Å². The SMILES string of the molecule is O=C(O)/C(=C/c1ccccc1Cl)CCl. The summed E-state index contributed by atoms with van der Waals surface area (Å²) in [6, 6.07) is 6.99. The Hall–Kier alpha value is -0.990. The summed E-state index contributed by atoms with van der Waals surface area (Å²) in [7, 11) is 0. The van der Waals surface area contributed by atoms with E-state index in [0.29, 0.717) is 10.6 Å². The third-order valence-electron chi connectivity index (χ3n) is 1.65. The van der Waals surface area contributed by atoms with Crippen molar-refractivity contribution in [1.29, 1.82) is 0 Å². The van der Waals surface area contributed by atoms with Crippen molar-refractivity contribution in [3.05, 3.63) is 40.4 Å². The van der Waals surface area contributed by atoms with Crippen molar-refractivity contribution in [2.75, 3.05) is 5.88 Å². The lowest BCUT2D eigenvalue weighted by atomic mass is 10.1.